The van der Waals surface area contributed by atoms with E-state index in [9.17, 15) is 14.4 Å². The topological polar surface area (TPSA) is 140 Å². The van der Waals surface area contributed by atoms with Gasteiger partial charge in [-0.15, -0.1) is 0 Å². The molecule has 0 saturated carbocycles. The third kappa shape index (κ3) is 6.80. The minimum absolute atomic E-state index is 0.150. The van der Waals surface area contributed by atoms with E-state index < -0.39 is 5.63 Å². The number of hydrogen-bond donors (Lipinski definition) is 2. The molecule has 0 aliphatic heterocycles. The minimum Gasteiger partial charge on any atom is -0.402 e. The Balaban J connectivity index is 0.000000165. The normalized spacial score (nSPS) is 10.7. The van der Waals surface area contributed by atoms with Gasteiger partial charge in [-0.3, -0.25) is 14.6 Å². The van der Waals surface area contributed by atoms with Crippen LogP contribution in [0.15, 0.2) is 155 Å². The summed E-state index contributed by atoms with van der Waals surface area (Å²) in [5.41, 5.74) is 2.89. The second-order valence-corrected chi connectivity index (χ2v) is 11.1. The molecule has 50 heavy (non-hydrogen) atoms. The molecule has 0 atom stereocenters. The van der Waals surface area contributed by atoms with E-state index in [0.717, 1.165) is 32.8 Å². The van der Waals surface area contributed by atoms with Gasteiger partial charge in [0.15, 0.2) is 11.2 Å². The quantitative estimate of drug-likeness (QED) is 0.191. The molecular weight excluding hydrogens is 628 g/mol. The number of amides is 2. The zero-order valence-electron chi connectivity index (χ0n) is 26.5. The van der Waals surface area contributed by atoms with Gasteiger partial charge in [0.1, 0.15) is 5.52 Å². The zero-order valence-corrected chi connectivity index (χ0v) is 26.5. The number of pyridine rings is 3. The highest BCUT2D eigenvalue weighted by atomic mass is 16.4. The van der Waals surface area contributed by atoms with Crippen molar-refractivity contribution in [3.63, 3.8) is 0 Å². The summed E-state index contributed by atoms with van der Waals surface area (Å²) in [4.78, 5) is 54.3. The highest BCUT2D eigenvalue weighted by molar-refractivity contribution is 6.14. The van der Waals surface area contributed by atoms with Crippen LogP contribution in [0.2, 0.25) is 0 Å². The Morgan fingerprint density at radius 2 is 1.30 bits per heavy atom. The lowest BCUT2D eigenvalue weighted by Gasteiger charge is -2.11. The van der Waals surface area contributed by atoms with Gasteiger partial charge in [-0.2, -0.15) is 0 Å². The van der Waals surface area contributed by atoms with Gasteiger partial charge in [0.05, 0.1) is 17.9 Å². The summed E-state index contributed by atoms with van der Waals surface area (Å²) in [6.07, 6.45) is 4.74. The van der Waals surface area contributed by atoms with Crippen LogP contribution in [0.4, 0.5) is 5.69 Å². The van der Waals surface area contributed by atoms with Gasteiger partial charge in [0.25, 0.3) is 11.8 Å². The molecule has 8 aromatic rings. The summed E-state index contributed by atoms with van der Waals surface area (Å²) in [6.45, 7) is 0.271. The van der Waals surface area contributed by atoms with E-state index in [1.807, 2.05) is 97.1 Å². The highest BCUT2D eigenvalue weighted by Gasteiger charge is 2.17. The number of carbonyl (C=O) groups is 2. The van der Waals surface area contributed by atoms with Crippen LogP contribution in [-0.4, -0.2) is 31.8 Å². The standard InChI is InChI=1S/C23H18N4O2.C17H10N2O2/c28-22(19-11-5-8-16-7-1-2-10-18(16)19)27-20-12-6-14-25-21(20)23(29)26-15-17-9-3-4-13-24-17;20-17-15-14(9-4-10-18-15)19-16(21-17)13-8-3-6-11-5-1-2-7-12(11)13/h1-14H,15H2,(H,26,29)(H,27,28);1-10H. The molecule has 4 aromatic carbocycles. The number of benzene rings is 4. The molecule has 0 spiro atoms. The fraction of sp³-hybridized carbons (Fsp3) is 0.0250. The van der Waals surface area contributed by atoms with Gasteiger partial charge in [-0.05, 0) is 70.1 Å². The SMILES string of the molecule is O=C(NCc1ccccn1)c1ncccc1NC(=O)c1cccc2ccccc12.O=c1oc(-c2cccc3ccccc23)nc2cccnc12. The van der Waals surface area contributed by atoms with Crippen molar-refractivity contribution in [2.45, 2.75) is 6.54 Å². The van der Waals surface area contributed by atoms with E-state index in [2.05, 4.69) is 30.6 Å². The number of rotatable bonds is 6. The van der Waals surface area contributed by atoms with E-state index in [1.54, 1.807) is 42.7 Å². The Kier molecular flexibility index (Phi) is 9.06. The summed E-state index contributed by atoms with van der Waals surface area (Å²) >= 11 is 0. The maximum absolute atomic E-state index is 12.9. The molecule has 0 aliphatic carbocycles. The number of anilines is 1. The number of nitrogens with zero attached hydrogens (tertiary/aromatic N) is 4. The Labute approximate surface area is 285 Å². The number of carbonyl (C=O) groups excluding carboxylic acids is 2. The predicted molar refractivity (Wildman–Crippen MR) is 193 cm³/mol. The Hall–Kier alpha value is -7.07. The summed E-state index contributed by atoms with van der Waals surface area (Å²) in [6, 6.07) is 39.3. The zero-order chi connectivity index (χ0) is 34.3. The summed E-state index contributed by atoms with van der Waals surface area (Å²) in [7, 11) is 0. The lowest BCUT2D eigenvalue weighted by molar-refractivity contribution is 0.0946. The first-order valence-electron chi connectivity index (χ1n) is 15.7. The van der Waals surface area contributed by atoms with Crippen molar-refractivity contribution in [2.75, 3.05) is 5.32 Å². The molecule has 10 heteroatoms. The molecule has 2 N–H and O–H groups in total. The summed E-state index contributed by atoms with van der Waals surface area (Å²) < 4.78 is 5.36. The second kappa shape index (κ2) is 14.4. The van der Waals surface area contributed by atoms with Gasteiger partial charge in [-0.1, -0.05) is 78.9 Å². The van der Waals surface area contributed by atoms with Crippen molar-refractivity contribution < 1.29 is 14.0 Å². The van der Waals surface area contributed by atoms with Gasteiger partial charge in [0, 0.05) is 29.7 Å². The molecule has 242 valence electrons. The van der Waals surface area contributed by atoms with E-state index >= 15 is 0 Å². The first kappa shape index (κ1) is 31.5. The van der Waals surface area contributed by atoms with Crippen LogP contribution >= 0.6 is 0 Å². The van der Waals surface area contributed by atoms with E-state index in [-0.39, 0.29) is 29.6 Å². The number of nitrogens with one attached hydrogen (secondary N) is 2. The van der Waals surface area contributed by atoms with Crippen molar-refractivity contribution in [1.29, 1.82) is 0 Å². The Bertz CT molecular complexity index is 2540. The minimum atomic E-state index is -0.469. The van der Waals surface area contributed by atoms with Crippen LogP contribution in [0.25, 0.3) is 44.0 Å². The molecule has 0 bridgehead atoms. The highest BCUT2D eigenvalue weighted by Crippen LogP contribution is 2.27. The van der Waals surface area contributed by atoms with E-state index in [4.69, 9.17) is 4.42 Å². The monoisotopic (exact) mass is 656 g/mol. The van der Waals surface area contributed by atoms with Crippen LogP contribution in [-0.2, 0) is 6.54 Å². The fourth-order valence-corrected chi connectivity index (χ4v) is 5.50. The smallest absolute Gasteiger partial charge is 0.365 e. The van der Waals surface area contributed by atoms with Crippen LogP contribution < -0.4 is 16.3 Å². The molecule has 0 fully saturated rings. The summed E-state index contributed by atoms with van der Waals surface area (Å²) in [5, 5.41) is 9.49. The lowest BCUT2D eigenvalue weighted by Crippen LogP contribution is -2.26. The van der Waals surface area contributed by atoms with Crippen LogP contribution in [0, 0.1) is 0 Å². The average molecular weight is 657 g/mol. The number of hydrogen-bond acceptors (Lipinski definition) is 8. The van der Waals surface area contributed by atoms with Gasteiger partial charge in [0.2, 0.25) is 5.89 Å². The second-order valence-electron chi connectivity index (χ2n) is 11.1. The number of fused-ring (bicyclic) bond motifs is 3. The predicted octanol–water partition coefficient (Wildman–Crippen LogP) is 7.22. The van der Waals surface area contributed by atoms with Crippen molar-refractivity contribution in [3.8, 4) is 11.5 Å². The Morgan fingerprint density at radius 1 is 0.620 bits per heavy atom. The molecule has 0 aliphatic rings. The molecule has 10 nitrogen and oxygen atoms in total. The molecule has 4 aromatic heterocycles. The maximum Gasteiger partial charge on any atom is 0.365 e. The van der Waals surface area contributed by atoms with Crippen molar-refractivity contribution in [2.24, 2.45) is 0 Å². The molecule has 4 heterocycles. The van der Waals surface area contributed by atoms with E-state index in [1.165, 1.54) is 6.20 Å². The third-order valence-electron chi connectivity index (χ3n) is 7.87. The largest absolute Gasteiger partial charge is 0.402 e. The van der Waals surface area contributed by atoms with Gasteiger partial charge < -0.3 is 15.1 Å². The first-order chi connectivity index (χ1) is 24.5. The third-order valence-corrected chi connectivity index (χ3v) is 7.87. The lowest BCUT2D eigenvalue weighted by atomic mass is 10.0. The number of aromatic nitrogens is 4. The Morgan fingerprint density at radius 3 is 2.12 bits per heavy atom. The van der Waals surface area contributed by atoms with Crippen LogP contribution in [0.1, 0.15) is 26.5 Å². The fourth-order valence-electron chi connectivity index (χ4n) is 5.50. The van der Waals surface area contributed by atoms with E-state index in [0.29, 0.717) is 22.7 Å². The average Bonchev–Trinajstić information content (AvgIpc) is 3.17. The van der Waals surface area contributed by atoms with Crippen LogP contribution in [0.3, 0.4) is 0 Å². The van der Waals surface area contributed by atoms with Gasteiger partial charge in [-0.25, -0.2) is 19.7 Å². The molecule has 0 unspecified atom stereocenters. The van der Waals surface area contributed by atoms with Crippen LogP contribution in [0.5, 0.6) is 0 Å². The van der Waals surface area contributed by atoms with Gasteiger partial charge >= 0.3 is 5.63 Å². The molecule has 0 saturated heterocycles. The van der Waals surface area contributed by atoms with Crippen molar-refractivity contribution >= 4 is 50.1 Å². The van der Waals surface area contributed by atoms with Crippen molar-refractivity contribution in [1.82, 2.24) is 25.3 Å². The molecule has 2 amide bonds. The molecule has 0 radical (unpaired) electrons. The molecule has 8 rings (SSSR count). The summed E-state index contributed by atoms with van der Waals surface area (Å²) in [5.74, 6) is -0.365. The first-order valence-corrected chi connectivity index (χ1v) is 15.7. The molecular formula is C40H28N6O4. The maximum atomic E-state index is 12.9. The van der Waals surface area contributed by atoms with Crippen molar-refractivity contribution in [3.05, 3.63) is 173 Å².